The molecule has 0 atom stereocenters. The highest BCUT2D eigenvalue weighted by molar-refractivity contribution is 5.61. The van der Waals surface area contributed by atoms with Crippen molar-refractivity contribution in [1.29, 1.82) is 0 Å². The molecule has 7 heteroatoms. The zero-order valence-corrected chi connectivity index (χ0v) is 15.5. The predicted molar refractivity (Wildman–Crippen MR) is 108 cm³/mol. The maximum atomic E-state index is 12.6. The molecule has 1 aliphatic rings. The molecule has 2 aromatic heterocycles. The average molecular weight is 378 g/mol. The summed E-state index contributed by atoms with van der Waals surface area (Å²) < 4.78 is 1.23. The lowest BCUT2D eigenvalue weighted by atomic mass is 9.90. The fraction of sp³-hybridized carbons (Fsp3) is 0.333. The van der Waals surface area contributed by atoms with Gasteiger partial charge >= 0.3 is 11.2 Å². The van der Waals surface area contributed by atoms with Gasteiger partial charge in [0.25, 0.3) is 0 Å². The summed E-state index contributed by atoms with van der Waals surface area (Å²) >= 11 is 0. The van der Waals surface area contributed by atoms with Crippen LogP contribution in [0.25, 0.3) is 5.65 Å². The van der Waals surface area contributed by atoms with E-state index in [1.807, 2.05) is 11.0 Å². The third kappa shape index (κ3) is 3.60. The van der Waals surface area contributed by atoms with Gasteiger partial charge < -0.3 is 4.90 Å². The zero-order chi connectivity index (χ0) is 19.5. The van der Waals surface area contributed by atoms with Crippen LogP contribution in [0.3, 0.4) is 0 Å². The van der Waals surface area contributed by atoms with E-state index in [0.717, 1.165) is 25.7 Å². The average Bonchev–Trinajstić information content (AvgIpc) is 2.73. The number of hydrogen-bond donors (Lipinski definition) is 0. The number of nitrogens with zero attached hydrogens (tertiary/aromatic N) is 4. The fourth-order valence-electron chi connectivity index (χ4n) is 3.90. The maximum absolute atomic E-state index is 12.6. The molecule has 0 unspecified atom stereocenters. The first-order chi connectivity index (χ1) is 13.6. The van der Waals surface area contributed by atoms with Crippen LogP contribution in [0.1, 0.15) is 24.8 Å². The highest BCUT2D eigenvalue weighted by Gasteiger charge is 2.30. The molecular weight excluding hydrogens is 356 g/mol. The molecule has 1 aliphatic heterocycles. The second-order valence-electron chi connectivity index (χ2n) is 7.23. The molecule has 0 aliphatic carbocycles. The Morgan fingerprint density at radius 3 is 2.50 bits per heavy atom. The standard InChI is InChI=1S/C21H22N4O3/c26-21-19(25(27)28)20(22-18-8-4-5-13-24(18)21)23-14-11-17(12-15-23)10-9-16-6-2-1-3-7-16/h1-8,13,17H,9-12,14-15H2. The van der Waals surface area contributed by atoms with Gasteiger partial charge in [-0.05, 0) is 49.3 Å². The number of benzene rings is 1. The van der Waals surface area contributed by atoms with Crippen molar-refractivity contribution in [2.24, 2.45) is 5.92 Å². The van der Waals surface area contributed by atoms with Crippen molar-refractivity contribution in [2.75, 3.05) is 18.0 Å². The number of aromatic nitrogens is 2. The van der Waals surface area contributed by atoms with E-state index >= 15 is 0 Å². The molecule has 144 valence electrons. The fourth-order valence-corrected chi connectivity index (χ4v) is 3.90. The number of aryl methyl sites for hydroxylation is 1. The van der Waals surface area contributed by atoms with E-state index in [9.17, 15) is 14.9 Å². The van der Waals surface area contributed by atoms with Crippen LogP contribution in [0.15, 0.2) is 59.5 Å². The Bertz CT molecular complexity index is 1040. The van der Waals surface area contributed by atoms with Crippen molar-refractivity contribution in [1.82, 2.24) is 9.38 Å². The van der Waals surface area contributed by atoms with E-state index in [2.05, 4.69) is 29.2 Å². The second kappa shape index (κ2) is 7.80. The number of pyridine rings is 1. The van der Waals surface area contributed by atoms with Gasteiger partial charge in [-0.15, -0.1) is 0 Å². The van der Waals surface area contributed by atoms with Crippen molar-refractivity contribution >= 4 is 17.2 Å². The van der Waals surface area contributed by atoms with Gasteiger partial charge in [-0.3, -0.25) is 19.3 Å². The number of hydrogen-bond acceptors (Lipinski definition) is 5. The van der Waals surface area contributed by atoms with E-state index in [1.165, 1.54) is 16.2 Å². The molecule has 0 bridgehead atoms. The highest BCUT2D eigenvalue weighted by Crippen LogP contribution is 2.29. The lowest BCUT2D eigenvalue weighted by Crippen LogP contribution is -2.36. The number of fused-ring (bicyclic) bond motifs is 1. The van der Waals surface area contributed by atoms with Gasteiger partial charge in [-0.25, -0.2) is 4.98 Å². The second-order valence-corrected chi connectivity index (χ2v) is 7.23. The largest absolute Gasteiger partial charge is 0.376 e. The molecule has 0 amide bonds. The normalized spacial score (nSPS) is 15.1. The van der Waals surface area contributed by atoms with E-state index in [-0.39, 0.29) is 5.82 Å². The summed E-state index contributed by atoms with van der Waals surface area (Å²) in [5, 5.41) is 11.6. The minimum Gasteiger partial charge on any atom is -0.351 e. The Morgan fingerprint density at radius 1 is 1.07 bits per heavy atom. The van der Waals surface area contributed by atoms with Gasteiger partial charge in [0.1, 0.15) is 5.65 Å². The summed E-state index contributed by atoms with van der Waals surface area (Å²) in [6.45, 7) is 1.35. The Balaban J connectivity index is 1.51. The Kier molecular flexibility index (Phi) is 5.06. The minimum absolute atomic E-state index is 0.197. The Labute approximate surface area is 162 Å². The zero-order valence-electron chi connectivity index (χ0n) is 15.5. The summed E-state index contributed by atoms with van der Waals surface area (Å²) in [4.78, 5) is 29.9. The number of piperidine rings is 1. The topological polar surface area (TPSA) is 80.8 Å². The lowest BCUT2D eigenvalue weighted by Gasteiger charge is -2.32. The van der Waals surface area contributed by atoms with Gasteiger partial charge in [0.15, 0.2) is 0 Å². The van der Waals surface area contributed by atoms with E-state index in [0.29, 0.717) is 24.7 Å². The molecule has 0 N–H and O–H groups in total. The molecule has 7 nitrogen and oxygen atoms in total. The van der Waals surface area contributed by atoms with Crippen LogP contribution in [-0.4, -0.2) is 27.4 Å². The monoisotopic (exact) mass is 378 g/mol. The molecule has 3 aromatic rings. The molecule has 4 rings (SSSR count). The summed E-state index contributed by atoms with van der Waals surface area (Å²) in [6.07, 6.45) is 5.55. The van der Waals surface area contributed by atoms with Crippen LogP contribution in [0.5, 0.6) is 0 Å². The van der Waals surface area contributed by atoms with E-state index < -0.39 is 16.2 Å². The first-order valence-electron chi connectivity index (χ1n) is 9.58. The molecule has 1 saturated heterocycles. The van der Waals surface area contributed by atoms with Crippen LogP contribution in [0.2, 0.25) is 0 Å². The number of anilines is 1. The smallest absolute Gasteiger partial charge is 0.351 e. The molecule has 28 heavy (non-hydrogen) atoms. The number of nitro groups is 1. The molecule has 0 spiro atoms. The van der Waals surface area contributed by atoms with Crippen molar-refractivity contribution in [3.05, 3.63) is 80.8 Å². The molecule has 3 heterocycles. The third-order valence-corrected chi connectivity index (χ3v) is 5.47. The predicted octanol–water partition coefficient (Wildman–Crippen LogP) is 3.45. The van der Waals surface area contributed by atoms with Gasteiger partial charge in [0, 0.05) is 19.3 Å². The Morgan fingerprint density at radius 2 is 1.79 bits per heavy atom. The summed E-state index contributed by atoms with van der Waals surface area (Å²) in [7, 11) is 0. The molecule has 0 saturated carbocycles. The van der Waals surface area contributed by atoms with Gasteiger partial charge in [0.2, 0.25) is 5.82 Å². The van der Waals surface area contributed by atoms with Crippen molar-refractivity contribution < 1.29 is 4.92 Å². The van der Waals surface area contributed by atoms with Crippen LogP contribution < -0.4 is 10.5 Å². The summed E-state index contributed by atoms with van der Waals surface area (Å²) in [5.74, 6) is 0.778. The Hall–Kier alpha value is -3.22. The number of rotatable bonds is 5. The minimum atomic E-state index is -0.628. The van der Waals surface area contributed by atoms with E-state index in [1.54, 1.807) is 18.2 Å². The van der Waals surface area contributed by atoms with Crippen molar-refractivity contribution in [3.8, 4) is 0 Å². The maximum Gasteiger partial charge on any atom is 0.376 e. The van der Waals surface area contributed by atoms with Crippen LogP contribution in [0.4, 0.5) is 11.5 Å². The SMILES string of the molecule is O=c1c([N+](=O)[O-])c(N2CCC(CCc3ccccc3)CC2)nc2ccccn12. The van der Waals surface area contributed by atoms with E-state index in [4.69, 9.17) is 0 Å². The lowest BCUT2D eigenvalue weighted by molar-refractivity contribution is -0.385. The van der Waals surface area contributed by atoms with Crippen molar-refractivity contribution in [3.63, 3.8) is 0 Å². The van der Waals surface area contributed by atoms with Crippen LogP contribution in [-0.2, 0) is 6.42 Å². The quantitative estimate of drug-likeness (QED) is 0.502. The molecule has 1 aromatic carbocycles. The molecular formula is C21H22N4O3. The third-order valence-electron chi connectivity index (χ3n) is 5.47. The first kappa shape index (κ1) is 18.2. The van der Waals surface area contributed by atoms with Gasteiger partial charge in [-0.1, -0.05) is 36.4 Å². The summed E-state index contributed by atoms with van der Waals surface area (Å²) in [5.41, 5.74) is 0.701. The highest BCUT2D eigenvalue weighted by atomic mass is 16.6. The van der Waals surface area contributed by atoms with Crippen molar-refractivity contribution in [2.45, 2.75) is 25.7 Å². The van der Waals surface area contributed by atoms with Crippen LogP contribution in [0, 0.1) is 16.0 Å². The van der Waals surface area contributed by atoms with Crippen LogP contribution >= 0.6 is 0 Å². The molecule has 0 radical (unpaired) electrons. The van der Waals surface area contributed by atoms with Gasteiger partial charge in [-0.2, -0.15) is 0 Å². The van der Waals surface area contributed by atoms with Gasteiger partial charge in [0.05, 0.1) is 4.92 Å². The summed E-state index contributed by atoms with van der Waals surface area (Å²) in [6, 6.07) is 15.6. The molecule has 1 fully saturated rings. The first-order valence-corrected chi connectivity index (χ1v) is 9.58.